The minimum Gasteiger partial charge on any atom is -0.353 e. The average Bonchev–Trinajstić information content (AvgIpc) is 2.92. The zero-order valence-electron chi connectivity index (χ0n) is 13.9. The summed E-state index contributed by atoms with van der Waals surface area (Å²) in [4.78, 5) is 20.0. The summed E-state index contributed by atoms with van der Waals surface area (Å²) < 4.78 is 39.3. The molecule has 0 radical (unpaired) electrons. The van der Waals surface area contributed by atoms with Crippen molar-refractivity contribution in [2.45, 2.75) is 13.1 Å². The number of rotatable bonds is 2. The van der Waals surface area contributed by atoms with E-state index in [0.717, 1.165) is 18.0 Å². The van der Waals surface area contributed by atoms with Crippen LogP contribution in [0.15, 0.2) is 24.4 Å². The van der Waals surface area contributed by atoms with Gasteiger partial charge in [-0.15, -0.1) is 0 Å². The second-order valence-electron chi connectivity index (χ2n) is 5.98. The van der Waals surface area contributed by atoms with Gasteiger partial charge in [-0.05, 0) is 25.1 Å². The second-order valence-corrected chi connectivity index (χ2v) is 5.98. The molecule has 0 N–H and O–H groups in total. The summed E-state index contributed by atoms with van der Waals surface area (Å²) in [5, 5.41) is 4.17. The zero-order valence-corrected chi connectivity index (χ0v) is 13.9. The number of hydrogen-bond acceptors (Lipinski definition) is 4. The summed E-state index contributed by atoms with van der Waals surface area (Å²) in [5.74, 6) is 0.389. The van der Waals surface area contributed by atoms with Gasteiger partial charge in [0.25, 0.3) is 5.91 Å². The molecule has 0 atom stereocenters. The Morgan fingerprint density at radius 1 is 1.16 bits per heavy atom. The first-order chi connectivity index (χ1) is 11.8. The number of pyridine rings is 1. The fourth-order valence-electron chi connectivity index (χ4n) is 2.85. The number of amides is 1. The van der Waals surface area contributed by atoms with Gasteiger partial charge < -0.3 is 9.80 Å². The number of aryl methyl sites for hydroxylation is 2. The molecule has 0 bridgehead atoms. The number of hydrogen-bond donors (Lipinski definition) is 0. The first-order valence-electron chi connectivity index (χ1n) is 7.84. The topological polar surface area (TPSA) is 54.3 Å². The number of carbonyl (C=O) groups excluding carboxylic acids is 1. The van der Waals surface area contributed by atoms with Crippen molar-refractivity contribution in [2.24, 2.45) is 7.05 Å². The molecule has 0 spiro atoms. The maximum atomic E-state index is 12.6. The standard InChI is InChI=1S/C16H18F3N5O/c1-11-9-13(22(2)21-11)15(25)24-7-5-23(6-8-24)14-4-3-12(10-20-14)16(17,18)19/h3-4,9-10H,5-8H2,1-2H3. The molecule has 9 heteroatoms. The van der Waals surface area contributed by atoms with Crippen molar-refractivity contribution in [1.29, 1.82) is 0 Å². The van der Waals surface area contributed by atoms with Crippen LogP contribution in [-0.2, 0) is 13.2 Å². The Bertz CT molecular complexity index is 761. The normalized spacial score (nSPS) is 15.6. The smallest absolute Gasteiger partial charge is 0.353 e. The molecule has 0 aromatic carbocycles. The molecule has 1 amide bonds. The van der Waals surface area contributed by atoms with Gasteiger partial charge in [0.2, 0.25) is 0 Å². The van der Waals surface area contributed by atoms with E-state index in [4.69, 9.17) is 0 Å². The van der Waals surface area contributed by atoms with Crippen LogP contribution in [0.4, 0.5) is 19.0 Å². The predicted molar refractivity (Wildman–Crippen MR) is 85.3 cm³/mol. The Balaban J connectivity index is 1.64. The van der Waals surface area contributed by atoms with Gasteiger partial charge in [-0.1, -0.05) is 0 Å². The van der Waals surface area contributed by atoms with Crippen molar-refractivity contribution < 1.29 is 18.0 Å². The molecular formula is C16H18F3N5O. The Kier molecular flexibility index (Phi) is 4.40. The van der Waals surface area contributed by atoms with Crippen molar-refractivity contribution >= 4 is 11.7 Å². The number of alkyl halides is 3. The summed E-state index contributed by atoms with van der Waals surface area (Å²) in [6, 6.07) is 4.13. The van der Waals surface area contributed by atoms with Crippen LogP contribution in [-0.4, -0.2) is 51.8 Å². The van der Waals surface area contributed by atoms with E-state index in [2.05, 4.69) is 10.1 Å². The molecule has 1 aliphatic heterocycles. The number of carbonyl (C=O) groups is 1. The molecule has 1 fully saturated rings. The van der Waals surface area contributed by atoms with E-state index in [1.165, 1.54) is 6.07 Å². The molecule has 6 nitrogen and oxygen atoms in total. The van der Waals surface area contributed by atoms with Crippen LogP contribution in [0.1, 0.15) is 21.7 Å². The van der Waals surface area contributed by atoms with Crippen molar-refractivity contribution in [3.8, 4) is 0 Å². The molecular weight excluding hydrogens is 335 g/mol. The highest BCUT2D eigenvalue weighted by Gasteiger charge is 2.31. The Morgan fingerprint density at radius 2 is 1.84 bits per heavy atom. The van der Waals surface area contributed by atoms with E-state index >= 15 is 0 Å². The van der Waals surface area contributed by atoms with Crippen molar-refractivity contribution in [3.63, 3.8) is 0 Å². The van der Waals surface area contributed by atoms with Gasteiger partial charge in [0.15, 0.2) is 0 Å². The van der Waals surface area contributed by atoms with E-state index in [1.54, 1.807) is 22.7 Å². The minimum atomic E-state index is -4.39. The van der Waals surface area contributed by atoms with Crippen LogP contribution in [0.25, 0.3) is 0 Å². The van der Waals surface area contributed by atoms with Crippen LogP contribution in [0, 0.1) is 6.92 Å². The van der Waals surface area contributed by atoms with Gasteiger partial charge >= 0.3 is 6.18 Å². The third-order valence-electron chi connectivity index (χ3n) is 4.19. The molecule has 2 aromatic rings. The van der Waals surface area contributed by atoms with Crippen molar-refractivity contribution in [1.82, 2.24) is 19.7 Å². The van der Waals surface area contributed by atoms with Crippen LogP contribution in [0.2, 0.25) is 0 Å². The van der Waals surface area contributed by atoms with Crippen LogP contribution in [0.5, 0.6) is 0 Å². The lowest BCUT2D eigenvalue weighted by molar-refractivity contribution is -0.137. The number of anilines is 1. The molecule has 3 heterocycles. The molecule has 25 heavy (non-hydrogen) atoms. The molecule has 2 aromatic heterocycles. The predicted octanol–water partition coefficient (Wildman–Crippen LogP) is 2.10. The minimum absolute atomic E-state index is 0.0943. The maximum absolute atomic E-state index is 12.6. The number of aromatic nitrogens is 3. The highest BCUT2D eigenvalue weighted by molar-refractivity contribution is 5.92. The van der Waals surface area contributed by atoms with Gasteiger partial charge in [0.1, 0.15) is 11.5 Å². The average molecular weight is 353 g/mol. The van der Waals surface area contributed by atoms with Gasteiger partial charge in [-0.25, -0.2) is 4.98 Å². The van der Waals surface area contributed by atoms with Crippen molar-refractivity contribution in [3.05, 3.63) is 41.3 Å². The third-order valence-corrected chi connectivity index (χ3v) is 4.19. The Morgan fingerprint density at radius 3 is 2.32 bits per heavy atom. The molecule has 1 saturated heterocycles. The first-order valence-corrected chi connectivity index (χ1v) is 7.84. The maximum Gasteiger partial charge on any atom is 0.417 e. The second kappa shape index (κ2) is 6.38. The van der Waals surface area contributed by atoms with Crippen molar-refractivity contribution in [2.75, 3.05) is 31.1 Å². The SMILES string of the molecule is Cc1cc(C(=O)N2CCN(c3ccc(C(F)(F)F)cn3)CC2)n(C)n1. The lowest BCUT2D eigenvalue weighted by Crippen LogP contribution is -2.49. The van der Waals surface area contributed by atoms with Crippen LogP contribution < -0.4 is 4.90 Å². The molecule has 134 valence electrons. The zero-order chi connectivity index (χ0) is 18.2. The number of nitrogens with zero attached hydrogens (tertiary/aromatic N) is 5. The summed E-state index contributed by atoms with van der Waals surface area (Å²) in [6.45, 7) is 3.81. The molecule has 1 aliphatic rings. The fraction of sp³-hybridized carbons (Fsp3) is 0.438. The summed E-state index contributed by atoms with van der Waals surface area (Å²) >= 11 is 0. The van der Waals surface area contributed by atoms with E-state index in [1.807, 2.05) is 11.8 Å². The van der Waals surface area contributed by atoms with E-state index < -0.39 is 11.7 Å². The lowest BCUT2D eigenvalue weighted by atomic mass is 10.2. The highest BCUT2D eigenvalue weighted by Crippen LogP contribution is 2.29. The van der Waals surface area contributed by atoms with Gasteiger partial charge in [0.05, 0.1) is 11.3 Å². The Labute approximate surface area is 142 Å². The lowest BCUT2D eigenvalue weighted by Gasteiger charge is -2.35. The van der Waals surface area contributed by atoms with Gasteiger partial charge in [-0.2, -0.15) is 18.3 Å². The molecule has 0 saturated carbocycles. The Hall–Kier alpha value is -2.58. The van der Waals surface area contributed by atoms with Gasteiger partial charge in [-0.3, -0.25) is 9.48 Å². The highest BCUT2D eigenvalue weighted by atomic mass is 19.4. The quantitative estimate of drug-likeness (QED) is 0.830. The number of halogens is 3. The van der Waals surface area contributed by atoms with E-state index in [9.17, 15) is 18.0 Å². The summed E-state index contributed by atoms with van der Waals surface area (Å²) in [5.41, 5.74) is 0.536. The molecule has 0 aliphatic carbocycles. The van der Waals surface area contributed by atoms with E-state index in [0.29, 0.717) is 37.7 Å². The molecule has 3 rings (SSSR count). The monoisotopic (exact) mass is 353 g/mol. The number of piperazine rings is 1. The first kappa shape index (κ1) is 17.2. The van der Waals surface area contributed by atoms with Crippen LogP contribution >= 0.6 is 0 Å². The van der Waals surface area contributed by atoms with Crippen LogP contribution in [0.3, 0.4) is 0 Å². The summed E-state index contributed by atoms with van der Waals surface area (Å²) in [7, 11) is 1.72. The fourth-order valence-corrected chi connectivity index (χ4v) is 2.85. The van der Waals surface area contributed by atoms with Gasteiger partial charge in [0, 0.05) is 39.4 Å². The van der Waals surface area contributed by atoms with E-state index in [-0.39, 0.29) is 5.91 Å². The summed E-state index contributed by atoms with van der Waals surface area (Å²) in [6.07, 6.45) is -3.55. The molecule has 0 unspecified atom stereocenters. The largest absolute Gasteiger partial charge is 0.417 e. The third kappa shape index (κ3) is 3.59.